The molecule has 0 aliphatic heterocycles. The van der Waals surface area contributed by atoms with Crippen LogP contribution >= 0.6 is 12.4 Å². The standard InChI is InChI=1S/C12H18FN.ClH/c1-3-4-5-12(14)11-8-10(13)7-6-9(11)2;/h6-8,12H,3-5,14H2,1-2H3;1H/t12-;/m0./s1. The van der Waals surface area contributed by atoms with Crippen molar-refractivity contribution in [2.24, 2.45) is 5.73 Å². The highest BCUT2D eigenvalue weighted by atomic mass is 35.5. The predicted molar refractivity (Wildman–Crippen MR) is 64.8 cm³/mol. The third-order valence-corrected chi connectivity index (χ3v) is 2.51. The minimum absolute atomic E-state index is 0. The van der Waals surface area contributed by atoms with E-state index in [0.29, 0.717) is 0 Å². The number of nitrogens with two attached hydrogens (primary N) is 1. The van der Waals surface area contributed by atoms with Gasteiger partial charge in [-0.25, -0.2) is 4.39 Å². The molecule has 0 aliphatic carbocycles. The molecule has 0 heterocycles. The molecule has 3 heteroatoms. The number of rotatable bonds is 4. The van der Waals surface area contributed by atoms with Gasteiger partial charge in [-0.05, 0) is 36.6 Å². The molecule has 2 N–H and O–H groups in total. The van der Waals surface area contributed by atoms with Gasteiger partial charge >= 0.3 is 0 Å². The Labute approximate surface area is 97.3 Å². The van der Waals surface area contributed by atoms with Gasteiger partial charge in [0.05, 0.1) is 0 Å². The summed E-state index contributed by atoms with van der Waals surface area (Å²) in [6.45, 7) is 4.10. The van der Waals surface area contributed by atoms with Gasteiger partial charge in [0.1, 0.15) is 5.82 Å². The molecular weight excluding hydrogens is 213 g/mol. The number of aryl methyl sites for hydroxylation is 1. The summed E-state index contributed by atoms with van der Waals surface area (Å²) >= 11 is 0. The molecule has 1 aromatic carbocycles. The Bertz CT molecular complexity index is 302. The first kappa shape index (κ1) is 14.4. The minimum atomic E-state index is -0.197. The molecule has 0 unspecified atom stereocenters. The van der Waals surface area contributed by atoms with Crippen LogP contribution in [0.2, 0.25) is 0 Å². The first-order chi connectivity index (χ1) is 6.65. The van der Waals surface area contributed by atoms with Crippen molar-refractivity contribution in [1.29, 1.82) is 0 Å². The molecular formula is C12H19ClFN. The summed E-state index contributed by atoms with van der Waals surface area (Å²) in [5.74, 6) is -0.197. The van der Waals surface area contributed by atoms with Crippen LogP contribution in [0.3, 0.4) is 0 Å². The second kappa shape index (κ2) is 6.81. The van der Waals surface area contributed by atoms with Crippen molar-refractivity contribution in [3.8, 4) is 0 Å². The van der Waals surface area contributed by atoms with Crippen molar-refractivity contribution in [2.45, 2.75) is 39.2 Å². The van der Waals surface area contributed by atoms with Crippen LogP contribution in [0, 0.1) is 12.7 Å². The monoisotopic (exact) mass is 231 g/mol. The third-order valence-electron chi connectivity index (χ3n) is 2.51. The molecule has 0 spiro atoms. The van der Waals surface area contributed by atoms with Gasteiger partial charge in [0.25, 0.3) is 0 Å². The maximum atomic E-state index is 13.0. The quantitative estimate of drug-likeness (QED) is 0.839. The molecule has 0 aromatic heterocycles. The fourth-order valence-electron chi connectivity index (χ4n) is 1.59. The first-order valence-corrected chi connectivity index (χ1v) is 5.16. The second-order valence-electron chi connectivity index (χ2n) is 3.75. The summed E-state index contributed by atoms with van der Waals surface area (Å²) in [7, 11) is 0. The minimum Gasteiger partial charge on any atom is -0.324 e. The average Bonchev–Trinajstić information content (AvgIpc) is 2.18. The maximum absolute atomic E-state index is 13.0. The lowest BCUT2D eigenvalue weighted by Crippen LogP contribution is -2.11. The zero-order valence-electron chi connectivity index (χ0n) is 9.29. The van der Waals surface area contributed by atoms with Crippen molar-refractivity contribution in [2.75, 3.05) is 0 Å². The van der Waals surface area contributed by atoms with Gasteiger partial charge in [0, 0.05) is 6.04 Å². The van der Waals surface area contributed by atoms with Crippen LogP contribution in [0.4, 0.5) is 4.39 Å². The van der Waals surface area contributed by atoms with Crippen LogP contribution in [0.15, 0.2) is 18.2 Å². The van der Waals surface area contributed by atoms with Crippen molar-refractivity contribution in [1.82, 2.24) is 0 Å². The predicted octanol–water partition coefficient (Wildman–Crippen LogP) is 3.75. The fourth-order valence-corrected chi connectivity index (χ4v) is 1.59. The summed E-state index contributed by atoms with van der Waals surface area (Å²) < 4.78 is 13.0. The van der Waals surface area contributed by atoms with Crippen LogP contribution in [0.25, 0.3) is 0 Å². The first-order valence-electron chi connectivity index (χ1n) is 5.16. The van der Waals surface area contributed by atoms with Gasteiger partial charge in [-0.3, -0.25) is 0 Å². The summed E-state index contributed by atoms with van der Waals surface area (Å²) in [6, 6.07) is 4.79. The zero-order chi connectivity index (χ0) is 10.6. The topological polar surface area (TPSA) is 26.0 Å². The van der Waals surface area contributed by atoms with E-state index in [-0.39, 0.29) is 24.3 Å². The van der Waals surface area contributed by atoms with E-state index < -0.39 is 0 Å². The number of hydrogen-bond donors (Lipinski definition) is 1. The molecule has 1 atom stereocenters. The molecule has 15 heavy (non-hydrogen) atoms. The largest absolute Gasteiger partial charge is 0.324 e. The lowest BCUT2D eigenvalue weighted by atomic mass is 9.98. The molecule has 0 bridgehead atoms. The highest BCUT2D eigenvalue weighted by molar-refractivity contribution is 5.85. The summed E-state index contributed by atoms with van der Waals surface area (Å²) in [6.07, 6.45) is 3.15. The van der Waals surface area contributed by atoms with Gasteiger partial charge in [0.15, 0.2) is 0 Å². The van der Waals surface area contributed by atoms with Gasteiger partial charge < -0.3 is 5.73 Å². The van der Waals surface area contributed by atoms with E-state index in [1.54, 1.807) is 12.1 Å². The van der Waals surface area contributed by atoms with Crippen molar-refractivity contribution >= 4 is 12.4 Å². The Balaban J connectivity index is 0.00000196. The van der Waals surface area contributed by atoms with Crippen molar-refractivity contribution < 1.29 is 4.39 Å². The van der Waals surface area contributed by atoms with Crippen LogP contribution in [0.1, 0.15) is 43.4 Å². The Morgan fingerprint density at radius 1 is 1.40 bits per heavy atom. The van der Waals surface area contributed by atoms with E-state index in [4.69, 9.17) is 5.73 Å². The van der Waals surface area contributed by atoms with Gasteiger partial charge in [-0.15, -0.1) is 12.4 Å². The number of unbranched alkanes of at least 4 members (excludes halogenated alkanes) is 1. The fraction of sp³-hybridized carbons (Fsp3) is 0.500. The smallest absolute Gasteiger partial charge is 0.123 e. The van der Waals surface area contributed by atoms with Crippen LogP contribution in [-0.4, -0.2) is 0 Å². The molecule has 86 valence electrons. The number of hydrogen-bond acceptors (Lipinski definition) is 1. The summed E-state index contributed by atoms with van der Waals surface area (Å²) in [5.41, 5.74) is 8.01. The van der Waals surface area contributed by atoms with E-state index >= 15 is 0 Å². The molecule has 0 aliphatic rings. The Hall–Kier alpha value is -0.600. The Kier molecular flexibility index (Phi) is 6.53. The molecule has 1 rings (SSSR count). The van der Waals surface area contributed by atoms with Crippen molar-refractivity contribution in [3.05, 3.63) is 35.1 Å². The van der Waals surface area contributed by atoms with Crippen LogP contribution in [-0.2, 0) is 0 Å². The average molecular weight is 232 g/mol. The van der Waals surface area contributed by atoms with E-state index in [9.17, 15) is 4.39 Å². The Morgan fingerprint density at radius 3 is 2.67 bits per heavy atom. The third kappa shape index (κ3) is 4.18. The van der Waals surface area contributed by atoms with E-state index in [1.807, 2.05) is 6.92 Å². The molecule has 0 amide bonds. The molecule has 0 saturated carbocycles. The lowest BCUT2D eigenvalue weighted by molar-refractivity contribution is 0.586. The molecule has 0 fully saturated rings. The lowest BCUT2D eigenvalue weighted by Gasteiger charge is -2.14. The highest BCUT2D eigenvalue weighted by Gasteiger charge is 2.08. The second-order valence-corrected chi connectivity index (χ2v) is 3.75. The SMILES string of the molecule is CCCC[C@H](N)c1cc(F)ccc1C.Cl. The highest BCUT2D eigenvalue weighted by Crippen LogP contribution is 2.21. The van der Waals surface area contributed by atoms with E-state index in [0.717, 1.165) is 30.4 Å². The van der Waals surface area contributed by atoms with Gasteiger partial charge in [-0.2, -0.15) is 0 Å². The van der Waals surface area contributed by atoms with E-state index in [2.05, 4.69) is 6.92 Å². The van der Waals surface area contributed by atoms with Crippen LogP contribution < -0.4 is 5.73 Å². The molecule has 1 nitrogen and oxygen atoms in total. The zero-order valence-corrected chi connectivity index (χ0v) is 10.1. The molecule has 0 radical (unpaired) electrons. The van der Waals surface area contributed by atoms with Crippen LogP contribution in [0.5, 0.6) is 0 Å². The van der Waals surface area contributed by atoms with Crippen molar-refractivity contribution in [3.63, 3.8) is 0 Å². The maximum Gasteiger partial charge on any atom is 0.123 e. The molecule has 1 aromatic rings. The van der Waals surface area contributed by atoms with Gasteiger partial charge in [0.2, 0.25) is 0 Å². The normalized spacial score (nSPS) is 12.0. The summed E-state index contributed by atoms with van der Waals surface area (Å²) in [5, 5.41) is 0. The number of benzene rings is 1. The van der Waals surface area contributed by atoms with Gasteiger partial charge in [-0.1, -0.05) is 25.8 Å². The van der Waals surface area contributed by atoms with E-state index in [1.165, 1.54) is 6.07 Å². The summed E-state index contributed by atoms with van der Waals surface area (Å²) in [4.78, 5) is 0. The molecule has 0 saturated heterocycles. The Morgan fingerprint density at radius 2 is 2.07 bits per heavy atom. The number of halogens is 2.